The molecule has 1 heteroatoms. The fourth-order valence-corrected chi connectivity index (χ4v) is 1.15. The summed E-state index contributed by atoms with van der Waals surface area (Å²) in [4.78, 5) is 0. The van der Waals surface area contributed by atoms with Crippen molar-refractivity contribution in [3.63, 3.8) is 0 Å². The molecule has 0 aromatic heterocycles. The summed E-state index contributed by atoms with van der Waals surface area (Å²) in [7, 11) is 0. The van der Waals surface area contributed by atoms with E-state index in [2.05, 4.69) is 57.0 Å². The van der Waals surface area contributed by atoms with Crippen molar-refractivity contribution < 1.29 is 0 Å². The lowest BCUT2D eigenvalue weighted by Crippen LogP contribution is -2.13. The van der Waals surface area contributed by atoms with Gasteiger partial charge >= 0.3 is 0 Å². The molecule has 1 atom stereocenters. The smallest absolute Gasteiger partial charge is 0.0848 e. The van der Waals surface area contributed by atoms with E-state index < -0.39 is 0 Å². The van der Waals surface area contributed by atoms with Crippen LogP contribution < -0.4 is 5.32 Å². The molecule has 0 radical (unpaired) electrons. The maximum atomic E-state index is 3.34. The van der Waals surface area contributed by atoms with Gasteiger partial charge in [0.2, 0.25) is 0 Å². The van der Waals surface area contributed by atoms with E-state index in [4.69, 9.17) is 0 Å². The topological polar surface area (TPSA) is 12.0 Å². The van der Waals surface area contributed by atoms with Gasteiger partial charge in [0.15, 0.2) is 0 Å². The lowest BCUT2D eigenvalue weighted by Gasteiger charge is -2.11. The average molecular weight is 201 g/mol. The zero-order valence-electron chi connectivity index (χ0n) is 9.96. The molecule has 0 bridgehead atoms. The maximum absolute atomic E-state index is 3.34. The van der Waals surface area contributed by atoms with Crippen molar-refractivity contribution in [3.8, 4) is 11.8 Å². The van der Waals surface area contributed by atoms with E-state index in [9.17, 15) is 0 Å². The van der Waals surface area contributed by atoms with Crippen LogP contribution in [0.2, 0.25) is 0 Å². The van der Waals surface area contributed by atoms with E-state index in [0.717, 1.165) is 5.69 Å². The molecule has 0 saturated heterocycles. The first kappa shape index (κ1) is 11.7. The molecule has 0 aliphatic carbocycles. The number of para-hydroxylation sites is 1. The highest BCUT2D eigenvalue weighted by atomic mass is 14.9. The zero-order chi connectivity index (χ0) is 11.3. The Morgan fingerprint density at radius 2 is 1.73 bits per heavy atom. The second-order valence-electron chi connectivity index (χ2n) is 4.75. The van der Waals surface area contributed by atoms with Gasteiger partial charge in [-0.1, -0.05) is 30.0 Å². The SMILES string of the molecule is CC(C#CC(C)(C)C)Nc1ccccc1. The Kier molecular flexibility index (Phi) is 3.80. The summed E-state index contributed by atoms with van der Waals surface area (Å²) in [5.41, 5.74) is 1.19. The number of benzene rings is 1. The van der Waals surface area contributed by atoms with Crippen molar-refractivity contribution in [2.24, 2.45) is 5.41 Å². The van der Waals surface area contributed by atoms with E-state index in [1.54, 1.807) is 0 Å². The summed E-state index contributed by atoms with van der Waals surface area (Å²) in [6, 6.07) is 10.3. The standard InChI is InChI=1S/C14H19N/c1-12(10-11-14(2,3)4)15-13-8-6-5-7-9-13/h5-9,12,15H,1-4H3. The van der Waals surface area contributed by atoms with Crippen LogP contribution in [0, 0.1) is 17.3 Å². The summed E-state index contributed by atoms with van der Waals surface area (Å²) in [5.74, 6) is 6.44. The molecule has 1 N–H and O–H groups in total. The summed E-state index contributed by atoms with van der Waals surface area (Å²) in [6.07, 6.45) is 0. The fraction of sp³-hybridized carbons (Fsp3) is 0.429. The summed E-state index contributed by atoms with van der Waals surface area (Å²) < 4.78 is 0. The first-order valence-electron chi connectivity index (χ1n) is 5.32. The minimum atomic E-state index is 0.0760. The lowest BCUT2D eigenvalue weighted by molar-refractivity contribution is 0.570. The third-order valence-electron chi connectivity index (χ3n) is 1.82. The normalized spacial score (nSPS) is 12.5. The van der Waals surface area contributed by atoms with E-state index >= 15 is 0 Å². The second-order valence-corrected chi connectivity index (χ2v) is 4.75. The van der Waals surface area contributed by atoms with Crippen LogP contribution in [0.1, 0.15) is 27.7 Å². The Morgan fingerprint density at radius 3 is 2.27 bits per heavy atom. The third-order valence-corrected chi connectivity index (χ3v) is 1.82. The summed E-state index contributed by atoms with van der Waals surface area (Å²) >= 11 is 0. The van der Waals surface area contributed by atoms with Crippen molar-refractivity contribution >= 4 is 5.69 Å². The number of rotatable bonds is 2. The van der Waals surface area contributed by atoms with E-state index in [-0.39, 0.29) is 11.5 Å². The molecule has 0 amide bonds. The monoisotopic (exact) mass is 201 g/mol. The van der Waals surface area contributed by atoms with Gasteiger partial charge in [-0.3, -0.25) is 0 Å². The predicted octanol–water partition coefficient (Wildman–Crippen LogP) is 3.54. The van der Waals surface area contributed by atoms with Gasteiger partial charge in [-0.2, -0.15) is 0 Å². The third kappa shape index (κ3) is 5.12. The molecule has 1 aromatic rings. The maximum Gasteiger partial charge on any atom is 0.0848 e. The van der Waals surface area contributed by atoms with E-state index in [1.807, 2.05) is 18.2 Å². The van der Waals surface area contributed by atoms with Crippen LogP contribution in [-0.2, 0) is 0 Å². The van der Waals surface area contributed by atoms with Gasteiger partial charge in [0, 0.05) is 11.1 Å². The Balaban J connectivity index is 2.56. The van der Waals surface area contributed by atoms with Crippen LogP contribution >= 0.6 is 0 Å². The molecule has 1 rings (SSSR count). The van der Waals surface area contributed by atoms with Gasteiger partial charge in [-0.25, -0.2) is 0 Å². The molecule has 15 heavy (non-hydrogen) atoms. The van der Waals surface area contributed by atoms with Crippen molar-refractivity contribution in [1.82, 2.24) is 0 Å². The summed E-state index contributed by atoms with van der Waals surface area (Å²) in [6.45, 7) is 8.44. The van der Waals surface area contributed by atoms with Crippen molar-refractivity contribution in [3.05, 3.63) is 30.3 Å². The average Bonchev–Trinajstić information content (AvgIpc) is 2.15. The first-order valence-corrected chi connectivity index (χ1v) is 5.32. The highest BCUT2D eigenvalue weighted by molar-refractivity contribution is 5.45. The number of hydrogen-bond acceptors (Lipinski definition) is 1. The van der Waals surface area contributed by atoms with Crippen LogP contribution in [0.4, 0.5) is 5.69 Å². The van der Waals surface area contributed by atoms with Gasteiger partial charge in [0.05, 0.1) is 6.04 Å². The molecule has 0 saturated carbocycles. The van der Waals surface area contributed by atoms with Crippen LogP contribution in [0.5, 0.6) is 0 Å². The van der Waals surface area contributed by atoms with Crippen LogP contribution in [0.15, 0.2) is 30.3 Å². The van der Waals surface area contributed by atoms with Gasteiger partial charge in [0.1, 0.15) is 0 Å². The molecule has 1 nitrogen and oxygen atoms in total. The first-order chi connectivity index (χ1) is 6.97. The van der Waals surface area contributed by atoms with Crippen LogP contribution in [0.3, 0.4) is 0 Å². The van der Waals surface area contributed by atoms with Gasteiger partial charge in [-0.05, 0) is 39.8 Å². The Labute approximate surface area is 92.9 Å². The minimum absolute atomic E-state index is 0.0760. The minimum Gasteiger partial charge on any atom is -0.372 e. The largest absolute Gasteiger partial charge is 0.372 e. The summed E-state index contributed by atoms with van der Waals surface area (Å²) in [5, 5.41) is 3.34. The lowest BCUT2D eigenvalue weighted by atomic mass is 9.97. The molecule has 0 aliphatic heterocycles. The highest BCUT2D eigenvalue weighted by Crippen LogP contribution is 2.11. The molecule has 1 aromatic carbocycles. The molecule has 0 aliphatic rings. The Bertz CT molecular complexity index is 348. The molecule has 80 valence electrons. The van der Waals surface area contributed by atoms with Crippen molar-refractivity contribution in [1.29, 1.82) is 0 Å². The number of anilines is 1. The Morgan fingerprint density at radius 1 is 1.13 bits per heavy atom. The number of nitrogens with one attached hydrogen (secondary N) is 1. The van der Waals surface area contributed by atoms with Crippen molar-refractivity contribution in [2.75, 3.05) is 5.32 Å². The van der Waals surface area contributed by atoms with Gasteiger partial charge in [0.25, 0.3) is 0 Å². The molecule has 0 spiro atoms. The zero-order valence-corrected chi connectivity index (χ0v) is 9.96. The van der Waals surface area contributed by atoms with E-state index in [0.29, 0.717) is 0 Å². The van der Waals surface area contributed by atoms with Crippen molar-refractivity contribution in [2.45, 2.75) is 33.7 Å². The molecule has 0 heterocycles. The van der Waals surface area contributed by atoms with Crippen LogP contribution in [-0.4, -0.2) is 6.04 Å². The fourth-order valence-electron chi connectivity index (χ4n) is 1.15. The van der Waals surface area contributed by atoms with Crippen LogP contribution in [0.25, 0.3) is 0 Å². The highest BCUT2D eigenvalue weighted by Gasteiger charge is 2.04. The quantitative estimate of drug-likeness (QED) is 0.722. The Hall–Kier alpha value is -1.42. The number of hydrogen-bond donors (Lipinski definition) is 1. The second kappa shape index (κ2) is 4.89. The van der Waals surface area contributed by atoms with E-state index in [1.165, 1.54) is 0 Å². The van der Waals surface area contributed by atoms with Gasteiger partial charge in [-0.15, -0.1) is 0 Å². The molecule has 0 fully saturated rings. The molecular formula is C14H19N. The molecular weight excluding hydrogens is 182 g/mol. The molecule has 1 unspecified atom stereocenters. The van der Waals surface area contributed by atoms with Gasteiger partial charge < -0.3 is 5.32 Å². The predicted molar refractivity (Wildman–Crippen MR) is 66.8 cm³/mol.